The van der Waals surface area contributed by atoms with Gasteiger partial charge in [-0.2, -0.15) is 13.2 Å². The fourth-order valence-electron chi connectivity index (χ4n) is 3.02. The average Bonchev–Trinajstić information content (AvgIpc) is 2.50. The third-order valence-corrected chi connectivity index (χ3v) is 3.70. The highest BCUT2D eigenvalue weighted by Gasteiger charge is 2.39. The highest BCUT2D eigenvalue weighted by Crippen LogP contribution is 2.43. The average molecular weight is 256 g/mol. The van der Waals surface area contributed by atoms with Gasteiger partial charge in [0.1, 0.15) is 0 Å². The number of halogens is 3. The van der Waals surface area contributed by atoms with E-state index in [1.54, 1.807) is 0 Å². The molecule has 0 amide bonds. The molecule has 2 aliphatic heterocycles. The SMILES string of the molecule is FC(F)(F)CC1CN2CCNCc3cccc1c32. The second-order valence-corrected chi connectivity index (χ2v) is 4.99. The van der Waals surface area contributed by atoms with Crippen LogP contribution in [0.25, 0.3) is 0 Å². The molecule has 3 rings (SSSR count). The lowest BCUT2D eigenvalue weighted by molar-refractivity contribution is -0.138. The number of anilines is 1. The van der Waals surface area contributed by atoms with E-state index in [0.29, 0.717) is 6.54 Å². The zero-order valence-electron chi connectivity index (χ0n) is 9.93. The van der Waals surface area contributed by atoms with Crippen LogP contribution in [0.5, 0.6) is 0 Å². The molecule has 0 saturated heterocycles. The molecule has 0 aliphatic carbocycles. The molecule has 98 valence electrons. The van der Waals surface area contributed by atoms with Gasteiger partial charge in [-0.1, -0.05) is 18.2 Å². The van der Waals surface area contributed by atoms with Crippen LogP contribution in [0.4, 0.5) is 18.9 Å². The molecule has 0 spiro atoms. The molecule has 0 bridgehead atoms. The van der Waals surface area contributed by atoms with Crippen LogP contribution < -0.4 is 10.2 Å². The molecule has 1 aromatic carbocycles. The van der Waals surface area contributed by atoms with Crippen LogP contribution in [0.2, 0.25) is 0 Å². The highest BCUT2D eigenvalue weighted by molar-refractivity contribution is 5.65. The van der Waals surface area contributed by atoms with E-state index in [1.165, 1.54) is 0 Å². The predicted octanol–water partition coefficient (Wildman–Crippen LogP) is 2.65. The van der Waals surface area contributed by atoms with Gasteiger partial charge >= 0.3 is 6.18 Å². The number of hydrogen-bond donors (Lipinski definition) is 1. The largest absolute Gasteiger partial charge is 0.389 e. The summed E-state index contributed by atoms with van der Waals surface area (Å²) in [5.74, 6) is -0.405. The third-order valence-electron chi connectivity index (χ3n) is 3.70. The molecule has 18 heavy (non-hydrogen) atoms. The van der Waals surface area contributed by atoms with Crippen molar-refractivity contribution < 1.29 is 13.2 Å². The zero-order chi connectivity index (χ0) is 12.8. The molecule has 1 unspecified atom stereocenters. The van der Waals surface area contributed by atoms with E-state index < -0.39 is 18.5 Å². The summed E-state index contributed by atoms with van der Waals surface area (Å²) < 4.78 is 37.8. The number of nitrogens with zero attached hydrogens (tertiary/aromatic N) is 1. The molecule has 5 heteroatoms. The molecule has 0 saturated carbocycles. The number of alkyl halides is 3. The number of para-hydroxylation sites is 1. The summed E-state index contributed by atoms with van der Waals surface area (Å²) in [6.07, 6.45) is -4.80. The summed E-state index contributed by atoms with van der Waals surface area (Å²) in [4.78, 5) is 2.10. The minimum Gasteiger partial charge on any atom is -0.369 e. The summed E-state index contributed by atoms with van der Waals surface area (Å²) in [6.45, 7) is 2.86. The number of nitrogens with one attached hydrogen (secondary N) is 1. The standard InChI is InChI=1S/C13H15F3N2/c14-13(15,16)6-10-8-18-5-4-17-7-9-2-1-3-11(10)12(9)18/h1-3,10,17H,4-8H2. The van der Waals surface area contributed by atoms with Crippen LogP contribution in [-0.2, 0) is 6.54 Å². The normalized spacial score (nSPS) is 22.8. The van der Waals surface area contributed by atoms with Gasteiger partial charge in [0.15, 0.2) is 0 Å². The Labute approximate surface area is 104 Å². The first kappa shape index (κ1) is 11.8. The zero-order valence-corrected chi connectivity index (χ0v) is 9.93. The van der Waals surface area contributed by atoms with E-state index in [2.05, 4.69) is 10.2 Å². The quantitative estimate of drug-likeness (QED) is 0.831. The fraction of sp³-hybridized carbons (Fsp3) is 0.538. The van der Waals surface area contributed by atoms with Crippen molar-refractivity contribution in [2.24, 2.45) is 0 Å². The molecule has 0 aromatic heterocycles. The Morgan fingerprint density at radius 1 is 1.33 bits per heavy atom. The van der Waals surface area contributed by atoms with E-state index >= 15 is 0 Å². The minimum atomic E-state index is -4.09. The molecule has 1 atom stereocenters. The molecule has 0 fully saturated rings. The molecule has 2 nitrogen and oxygen atoms in total. The maximum Gasteiger partial charge on any atom is 0.389 e. The van der Waals surface area contributed by atoms with E-state index in [4.69, 9.17) is 0 Å². The maximum absolute atomic E-state index is 12.6. The van der Waals surface area contributed by atoms with E-state index in [-0.39, 0.29) is 0 Å². The first-order valence-corrected chi connectivity index (χ1v) is 6.19. The second kappa shape index (κ2) is 4.16. The summed E-state index contributed by atoms with van der Waals surface area (Å²) in [5, 5.41) is 3.29. The van der Waals surface area contributed by atoms with Crippen molar-refractivity contribution in [3.8, 4) is 0 Å². The van der Waals surface area contributed by atoms with E-state index in [9.17, 15) is 13.2 Å². The van der Waals surface area contributed by atoms with Crippen LogP contribution in [0.15, 0.2) is 18.2 Å². The Hall–Kier alpha value is -1.23. The van der Waals surface area contributed by atoms with E-state index in [0.717, 1.165) is 36.4 Å². The van der Waals surface area contributed by atoms with Crippen LogP contribution in [0.1, 0.15) is 23.5 Å². The van der Waals surface area contributed by atoms with Gasteiger partial charge in [0, 0.05) is 37.8 Å². The molecule has 0 radical (unpaired) electrons. The number of benzene rings is 1. The summed E-state index contributed by atoms with van der Waals surface area (Å²) in [6, 6.07) is 5.72. The van der Waals surface area contributed by atoms with Crippen molar-refractivity contribution >= 4 is 5.69 Å². The Balaban J connectivity index is 1.97. The van der Waals surface area contributed by atoms with E-state index in [1.807, 2.05) is 18.2 Å². The third kappa shape index (κ3) is 2.07. The molecule has 2 heterocycles. The summed E-state index contributed by atoms with van der Waals surface area (Å²) >= 11 is 0. The Bertz CT molecular complexity index is 456. The van der Waals surface area contributed by atoms with Gasteiger partial charge in [0.05, 0.1) is 6.42 Å². The van der Waals surface area contributed by atoms with Gasteiger partial charge in [-0.3, -0.25) is 0 Å². The van der Waals surface area contributed by atoms with Gasteiger partial charge < -0.3 is 10.2 Å². The number of rotatable bonds is 1. The molecular weight excluding hydrogens is 241 g/mol. The van der Waals surface area contributed by atoms with Crippen LogP contribution in [-0.4, -0.2) is 25.8 Å². The Kier molecular flexibility index (Phi) is 2.73. The van der Waals surface area contributed by atoms with Crippen molar-refractivity contribution in [1.82, 2.24) is 5.32 Å². The monoisotopic (exact) mass is 256 g/mol. The highest BCUT2D eigenvalue weighted by atomic mass is 19.4. The van der Waals surface area contributed by atoms with Crippen LogP contribution in [0, 0.1) is 0 Å². The Morgan fingerprint density at radius 3 is 2.94 bits per heavy atom. The van der Waals surface area contributed by atoms with Crippen molar-refractivity contribution in [2.45, 2.75) is 25.1 Å². The fourth-order valence-corrected chi connectivity index (χ4v) is 3.02. The van der Waals surface area contributed by atoms with Crippen molar-refractivity contribution in [3.63, 3.8) is 0 Å². The Morgan fingerprint density at radius 2 is 2.17 bits per heavy atom. The van der Waals surface area contributed by atoms with Crippen molar-refractivity contribution in [2.75, 3.05) is 24.5 Å². The maximum atomic E-state index is 12.6. The number of hydrogen-bond acceptors (Lipinski definition) is 2. The molecule has 1 aromatic rings. The van der Waals surface area contributed by atoms with Crippen LogP contribution in [0.3, 0.4) is 0 Å². The van der Waals surface area contributed by atoms with Crippen LogP contribution >= 0.6 is 0 Å². The first-order valence-electron chi connectivity index (χ1n) is 6.19. The van der Waals surface area contributed by atoms with Gasteiger partial charge in [-0.25, -0.2) is 0 Å². The summed E-state index contributed by atoms with van der Waals surface area (Å²) in [7, 11) is 0. The molecule has 1 N–H and O–H groups in total. The molecular formula is C13H15F3N2. The molecule has 2 aliphatic rings. The van der Waals surface area contributed by atoms with Gasteiger partial charge in [-0.05, 0) is 11.1 Å². The smallest absolute Gasteiger partial charge is 0.369 e. The lowest BCUT2D eigenvalue weighted by atomic mass is 9.96. The lowest BCUT2D eigenvalue weighted by Gasteiger charge is -2.19. The topological polar surface area (TPSA) is 15.3 Å². The lowest BCUT2D eigenvalue weighted by Crippen LogP contribution is -2.29. The second-order valence-electron chi connectivity index (χ2n) is 4.99. The van der Waals surface area contributed by atoms with Gasteiger partial charge in [0.2, 0.25) is 0 Å². The minimum absolute atomic E-state index is 0.405. The van der Waals surface area contributed by atoms with Crippen molar-refractivity contribution in [1.29, 1.82) is 0 Å². The van der Waals surface area contributed by atoms with Crippen molar-refractivity contribution in [3.05, 3.63) is 29.3 Å². The predicted molar refractivity (Wildman–Crippen MR) is 63.8 cm³/mol. The first-order chi connectivity index (χ1) is 8.54. The van der Waals surface area contributed by atoms with Gasteiger partial charge in [-0.15, -0.1) is 0 Å². The van der Waals surface area contributed by atoms with Gasteiger partial charge in [0.25, 0.3) is 0 Å². The summed E-state index contributed by atoms with van der Waals surface area (Å²) in [5.41, 5.74) is 3.03.